The van der Waals surface area contributed by atoms with E-state index in [1.54, 1.807) is 0 Å². The Balaban J connectivity index is 1.57. The summed E-state index contributed by atoms with van der Waals surface area (Å²) in [5, 5.41) is 12.9. The SMILES string of the molecule is C[C@@H]1C[C@@H](NC(=O)C2(C#N)CC23CCCC3)c2ccccc2O1. The van der Waals surface area contributed by atoms with Crippen molar-refractivity contribution in [1.29, 1.82) is 5.26 Å². The number of fused-ring (bicyclic) bond motifs is 1. The summed E-state index contributed by atoms with van der Waals surface area (Å²) in [6, 6.07) is 10.2. The average molecular weight is 310 g/mol. The van der Waals surface area contributed by atoms with Gasteiger partial charge in [-0.1, -0.05) is 31.0 Å². The van der Waals surface area contributed by atoms with Gasteiger partial charge in [0.15, 0.2) is 0 Å². The molecule has 0 bridgehead atoms. The first-order valence-electron chi connectivity index (χ1n) is 8.58. The van der Waals surface area contributed by atoms with E-state index in [1.165, 1.54) is 0 Å². The minimum absolute atomic E-state index is 0.0395. The molecule has 4 heteroatoms. The number of carbonyl (C=O) groups excluding carboxylic acids is 1. The molecule has 2 aliphatic carbocycles. The van der Waals surface area contributed by atoms with Crippen molar-refractivity contribution < 1.29 is 9.53 Å². The van der Waals surface area contributed by atoms with Crippen molar-refractivity contribution in [3.63, 3.8) is 0 Å². The summed E-state index contributed by atoms with van der Waals surface area (Å²) in [5.74, 6) is 0.768. The number of ether oxygens (including phenoxy) is 1. The number of nitriles is 1. The Morgan fingerprint density at radius 1 is 1.35 bits per heavy atom. The smallest absolute Gasteiger partial charge is 0.241 e. The van der Waals surface area contributed by atoms with Gasteiger partial charge in [0, 0.05) is 17.4 Å². The van der Waals surface area contributed by atoms with Gasteiger partial charge >= 0.3 is 0 Å². The Bertz CT molecular complexity index is 687. The minimum Gasteiger partial charge on any atom is -0.490 e. The lowest BCUT2D eigenvalue weighted by Gasteiger charge is -2.31. The number of hydrogen-bond acceptors (Lipinski definition) is 3. The molecule has 23 heavy (non-hydrogen) atoms. The molecule has 1 spiro atoms. The maximum atomic E-state index is 12.9. The molecular formula is C19H22N2O2. The molecule has 1 N–H and O–H groups in total. The highest BCUT2D eigenvalue weighted by Crippen LogP contribution is 2.71. The van der Waals surface area contributed by atoms with Crippen LogP contribution in [-0.4, -0.2) is 12.0 Å². The first kappa shape index (κ1) is 14.6. The van der Waals surface area contributed by atoms with Gasteiger partial charge in [0.05, 0.1) is 18.2 Å². The molecule has 2 saturated carbocycles. The fourth-order valence-corrected chi connectivity index (χ4v) is 4.67. The van der Waals surface area contributed by atoms with Crippen LogP contribution in [0.1, 0.15) is 57.1 Å². The average Bonchev–Trinajstić information content (AvgIpc) is 2.93. The molecule has 3 atom stereocenters. The lowest BCUT2D eigenvalue weighted by Crippen LogP contribution is -2.40. The van der Waals surface area contributed by atoms with Gasteiger partial charge in [0.25, 0.3) is 0 Å². The fraction of sp³-hybridized carbons (Fsp3) is 0.579. The molecule has 1 amide bonds. The van der Waals surface area contributed by atoms with Crippen molar-refractivity contribution in [2.24, 2.45) is 10.8 Å². The number of carbonyl (C=O) groups is 1. The van der Waals surface area contributed by atoms with Crippen LogP contribution >= 0.6 is 0 Å². The lowest BCUT2D eigenvalue weighted by atomic mass is 9.90. The van der Waals surface area contributed by atoms with Crippen molar-refractivity contribution in [3.05, 3.63) is 29.8 Å². The summed E-state index contributed by atoms with van der Waals surface area (Å²) in [7, 11) is 0. The van der Waals surface area contributed by atoms with Gasteiger partial charge in [-0.15, -0.1) is 0 Å². The molecular weight excluding hydrogens is 288 g/mol. The van der Waals surface area contributed by atoms with E-state index in [1.807, 2.05) is 31.2 Å². The van der Waals surface area contributed by atoms with E-state index < -0.39 is 5.41 Å². The molecule has 1 unspecified atom stereocenters. The standard InChI is InChI=1S/C19H22N2O2/c1-13-10-15(14-6-2-3-7-16(14)23-13)21-17(22)19(12-20)11-18(19)8-4-5-9-18/h2-3,6-7,13,15H,4-5,8-11H2,1H3,(H,21,22)/t13-,15-,19?/m1/s1. The number of nitrogens with one attached hydrogen (secondary N) is 1. The molecule has 4 rings (SSSR count). The van der Waals surface area contributed by atoms with E-state index in [4.69, 9.17) is 4.74 Å². The van der Waals surface area contributed by atoms with Crippen LogP contribution in [0.3, 0.4) is 0 Å². The predicted molar refractivity (Wildman–Crippen MR) is 85.6 cm³/mol. The highest BCUT2D eigenvalue weighted by Gasteiger charge is 2.72. The Morgan fingerprint density at radius 2 is 2.09 bits per heavy atom. The van der Waals surface area contributed by atoms with Gasteiger partial charge < -0.3 is 10.1 Å². The van der Waals surface area contributed by atoms with E-state index in [-0.39, 0.29) is 23.5 Å². The Kier molecular flexibility index (Phi) is 3.16. The zero-order chi connectivity index (χ0) is 16.1. The van der Waals surface area contributed by atoms with Gasteiger partial charge in [-0.3, -0.25) is 4.79 Å². The predicted octanol–water partition coefficient (Wildman–Crippen LogP) is 3.49. The van der Waals surface area contributed by atoms with Crippen molar-refractivity contribution in [3.8, 4) is 11.8 Å². The van der Waals surface area contributed by atoms with Crippen molar-refractivity contribution in [1.82, 2.24) is 5.32 Å². The molecule has 1 aliphatic heterocycles. The van der Waals surface area contributed by atoms with Gasteiger partial charge in [-0.05, 0) is 32.3 Å². The molecule has 1 heterocycles. The first-order valence-corrected chi connectivity index (χ1v) is 8.58. The maximum Gasteiger partial charge on any atom is 0.241 e. The summed E-state index contributed by atoms with van der Waals surface area (Å²) >= 11 is 0. The molecule has 4 nitrogen and oxygen atoms in total. The number of nitrogens with zero attached hydrogens (tertiary/aromatic N) is 1. The van der Waals surface area contributed by atoms with Gasteiger partial charge in [-0.25, -0.2) is 0 Å². The van der Waals surface area contributed by atoms with Gasteiger partial charge in [0.2, 0.25) is 5.91 Å². The molecule has 0 radical (unpaired) electrons. The maximum absolute atomic E-state index is 12.9. The van der Waals surface area contributed by atoms with Crippen LogP contribution in [0.4, 0.5) is 0 Å². The topological polar surface area (TPSA) is 62.1 Å². The third kappa shape index (κ3) is 2.06. The van der Waals surface area contributed by atoms with E-state index in [9.17, 15) is 10.1 Å². The summed E-state index contributed by atoms with van der Waals surface area (Å²) < 4.78 is 5.85. The van der Waals surface area contributed by atoms with Gasteiger partial charge in [0.1, 0.15) is 11.2 Å². The number of amides is 1. The monoisotopic (exact) mass is 310 g/mol. The zero-order valence-electron chi connectivity index (χ0n) is 13.5. The summed E-state index contributed by atoms with van der Waals surface area (Å²) in [6.07, 6.45) is 5.89. The van der Waals surface area contributed by atoms with Crippen LogP contribution in [0.2, 0.25) is 0 Å². The van der Waals surface area contributed by atoms with Crippen LogP contribution in [0, 0.1) is 22.2 Å². The number of benzene rings is 1. The van der Waals surface area contributed by atoms with Crippen LogP contribution in [0.5, 0.6) is 5.75 Å². The second-order valence-corrected chi connectivity index (χ2v) is 7.41. The molecule has 3 aliphatic rings. The summed E-state index contributed by atoms with van der Waals surface area (Å²) in [5.41, 5.74) is 0.190. The molecule has 0 aromatic heterocycles. The molecule has 0 saturated heterocycles. The third-order valence-corrected chi connectivity index (χ3v) is 6.02. The highest BCUT2D eigenvalue weighted by atomic mass is 16.5. The Hall–Kier alpha value is -2.02. The zero-order valence-corrected chi connectivity index (χ0v) is 13.5. The fourth-order valence-electron chi connectivity index (χ4n) is 4.67. The summed E-state index contributed by atoms with van der Waals surface area (Å²) in [4.78, 5) is 12.9. The van der Waals surface area contributed by atoms with Crippen molar-refractivity contribution >= 4 is 5.91 Å². The Labute approximate surface area is 136 Å². The second-order valence-electron chi connectivity index (χ2n) is 7.41. The molecule has 2 fully saturated rings. The number of hydrogen-bond donors (Lipinski definition) is 1. The van der Waals surface area contributed by atoms with E-state index in [0.29, 0.717) is 0 Å². The quantitative estimate of drug-likeness (QED) is 0.909. The first-order chi connectivity index (χ1) is 11.1. The highest BCUT2D eigenvalue weighted by molar-refractivity contribution is 5.90. The molecule has 120 valence electrons. The third-order valence-electron chi connectivity index (χ3n) is 6.02. The molecule has 1 aromatic carbocycles. The lowest BCUT2D eigenvalue weighted by molar-refractivity contribution is -0.126. The second kappa shape index (κ2) is 4.99. The van der Waals surface area contributed by atoms with E-state index in [0.717, 1.165) is 49.8 Å². The van der Waals surface area contributed by atoms with Crippen molar-refractivity contribution in [2.45, 2.75) is 57.6 Å². The van der Waals surface area contributed by atoms with Gasteiger partial charge in [-0.2, -0.15) is 5.26 Å². The van der Waals surface area contributed by atoms with Crippen LogP contribution in [0.25, 0.3) is 0 Å². The summed E-state index contributed by atoms with van der Waals surface area (Å²) in [6.45, 7) is 2.02. The normalized spacial score (nSPS) is 33.4. The van der Waals surface area contributed by atoms with Crippen LogP contribution < -0.4 is 10.1 Å². The van der Waals surface area contributed by atoms with Crippen LogP contribution in [0.15, 0.2) is 24.3 Å². The van der Waals surface area contributed by atoms with E-state index >= 15 is 0 Å². The molecule has 1 aromatic rings. The van der Waals surface area contributed by atoms with Crippen LogP contribution in [-0.2, 0) is 4.79 Å². The largest absolute Gasteiger partial charge is 0.490 e. The Morgan fingerprint density at radius 3 is 2.83 bits per heavy atom. The number of para-hydroxylation sites is 1. The van der Waals surface area contributed by atoms with E-state index in [2.05, 4.69) is 11.4 Å². The minimum atomic E-state index is -0.792. The number of rotatable bonds is 2. The van der Waals surface area contributed by atoms with Crippen molar-refractivity contribution in [2.75, 3.05) is 0 Å².